The number of para-hydroxylation sites is 1. The number of rotatable bonds is 5. The Kier molecular flexibility index (Phi) is 5.49. The Hall–Kier alpha value is -2.76. The van der Waals surface area contributed by atoms with Crippen molar-refractivity contribution in [2.24, 2.45) is 0 Å². The van der Waals surface area contributed by atoms with Gasteiger partial charge in [0.05, 0.1) is 9.85 Å². The van der Waals surface area contributed by atoms with Gasteiger partial charge in [-0.05, 0) is 18.2 Å². The molecule has 0 spiro atoms. The van der Waals surface area contributed by atoms with E-state index in [1.165, 1.54) is 36.4 Å². The minimum absolute atomic E-state index is 0.0359. The molecule has 28 heavy (non-hydrogen) atoms. The Morgan fingerprint density at radius 2 is 1.50 bits per heavy atom. The van der Waals surface area contributed by atoms with Crippen molar-refractivity contribution < 1.29 is 18.3 Å². The molecule has 1 fully saturated rings. The van der Waals surface area contributed by atoms with Crippen molar-refractivity contribution in [3.8, 4) is 0 Å². The maximum Gasteiger partial charge on any atom is 0.294 e. The molecule has 2 aromatic rings. The summed E-state index contributed by atoms with van der Waals surface area (Å²) in [5, 5.41) is 22.7. The summed E-state index contributed by atoms with van der Waals surface area (Å²) in [6, 6.07) is 9.45. The first-order chi connectivity index (χ1) is 13.2. The summed E-state index contributed by atoms with van der Waals surface area (Å²) in [5.41, 5.74) is -0.307. The van der Waals surface area contributed by atoms with Crippen LogP contribution in [0.25, 0.3) is 0 Å². The zero-order valence-corrected chi connectivity index (χ0v) is 16.0. The molecule has 0 radical (unpaired) electrons. The molecule has 10 nitrogen and oxygen atoms in total. The Labute approximate surface area is 165 Å². The minimum atomic E-state index is -4.07. The number of nitrogens with zero attached hydrogens (tertiary/aromatic N) is 4. The molecule has 1 aliphatic rings. The van der Waals surface area contributed by atoms with E-state index in [1.54, 1.807) is 4.90 Å². The molecular formula is C16H15ClN4O6S. The standard InChI is InChI=1S/C16H15ClN4O6S/c17-12-5-6-13(15(11-12)21(24)25)18-7-9-19(10-8-18)28(26,27)16-4-2-1-3-14(16)20(22)23/h1-6,11H,7-10H2. The molecule has 3 rings (SSSR count). The maximum absolute atomic E-state index is 12.9. The molecule has 0 amide bonds. The fourth-order valence-corrected chi connectivity index (χ4v) is 4.79. The van der Waals surface area contributed by atoms with Crippen LogP contribution in [0.5, 0.6) is 0 Å². The highest BCUT2D eigenvalue weighted by molar-refractivity contribution is 7.89. The fourth-order valence-electron chi connectivity index (χ4n) is 3.04. The lowest BCUT2D eigenvalue weighted by Gasteiger charge is -2.35. The maximum atomic E-state index is 12.9. The Morgan fingerprint density at radius 3 is 2.11 bits per heavy atom. The van der Waals surface area contributed by atoms with Crippen LogP contribution in [0.15, 0.2) is 47.4 Å². The van der Waals surface area contributed by atoms with E-state index in [0.717, 1.165) is 10.4 Å². The van der Waals surface area contributed by atoms with Gasteiger partial charge in [0.25, 0.3) is 11.4 Å². The first kappa shape index (κ1) is 20.0. The SMILES string of the molecule is O=[N+]([O-])c1cc(Cl)ccc1N1CCN(S(=O)(=O)c2ccccc2[N+](=O)[O-])CC1. The number of piperazine rings is 1. The van der Waals surface area contributed by atoms with Crippen LogP contribution in [0.1, 0.15) is 0 Å². The Morgan fingerprint density at radius 1 is 0.893 bits per heavy atom. The van der Waals surface area contributed by atoms with Gasteiger partial charge >= 0.3 is 0 Å². The summed E-state index contributed by atoms with van der Waals surface area (Å²) in [6.45, 7) is 0.465. The van der Waals surface area contributed by atoms with Crippen molar-refractivity contribution in [3.63, 3.8) is 0 Å². The zero-order chi connectivity index (χ0) is 20.5. The van der Waals surface area contributed by atoms with Crippen LogP contribution >= 0.6 is 11.6 Å². The van der Waals surface area contributed by atoms with Crippen molar-refractivity contribution in [1.29, 1.82) is 0 Å². The van der Waals surface area contributed by atoms with E-state index >= 15 is 0 Å². The molecule has 0 N–H and O–H groups in total. The third kappa shape index (κ3) is 3.77. The molecule has 148 valence electrons. The summed E-state index contributed by atoms with van der Waals surface area (Å²) >= 11 is 5.83. The molecule has 1 aliphatic heterocycles. The summed E-state index contributed by atoms with van der Waals surface area (Å²) in [7, 11) is -4.07. The predicted octanol–water partition coefficient (Wildman–Crippen LogP) is 2.67. The molecule has 0 atom stereocenters. The van der Waals surface area contributed by atoms with Crippen LogP contribution in [0.4, 0.5) is 17.1 Å². The van der Waals surface area contributed by atoms with E-state index in [4.69, 9.17) is 11.6 Å². The number of nitro benzene ring substituents is 2. The molecule has 0 unspecified atom stereocenters. The van der Waals surface area contributed by atoms with Gasteiger partial charge < -0.3 is 4.90 Å². The molecule has 0 bridgehead atoms. The summed E-state index contributed by atoms with van der Waals surface area (Å²) in [4.78, 5) is 22.5. The molecule has 2 aromatic carbocycles. The van der Waals surface area contributed by atoms with Crippen LogP contribution in [-0.2, 0) is 10.0 Å². The second-order valence-electron chi connectivity index (χ2n) is 6.01. The number of hydrogen-bond donors (Lipinski definition) is 0. The lowest BCUT2D eigenvalue weighted by molar-refractivity contribution is -0.387. The van der Waals surface area contributed by atoms with Gasteiger partial charge in [0, 0.05) is 43.3 Å². The largest absolute Gasteiger partial charge is 0.363 e. The van der Waals surface area contributed by atoms with Gasteiger partial charge in [-0.1, -0.05) is 23.7 Å². The fraction of sp³-hybridized carbons (Fsp3) is 0.250. The summed E-state index contributed by atoms with van der Waals surface area (Å²) < 4.78 is 26.9. The van der Waals surface area contributed by atoms with Crippen LogP contribution in [0, 0.1) is 20.2 Å². The molecule has 12 heteroatoms. The van der Waals surface area contributed by atoms with E-state index in [1.807, 2.05) is 0 Å². The highest BCUT2D eigenvalue weighted by atomic mass is 35.5. The quantitative estimate of drug-likeness (QED) is 0.531. The van der Waals surface area contributed by atoms with Gasteiger partial charge in [0.1, 0.15) is 5.69 Å². The van der Waals surface area contributed by atoms with Gasteiger partial charge in [0.15, 0.2) is 4.90 Å². The molecule has 1 saturated heterocycles. The van der Waals surface area contributed by atoms with Crippen molar-refractivity contribution in [1.82, 2.24) is 4.31 Å². The highest BCUT2D eigenvalue weighted by Crippen LogP contribution is 2.33. The average Bonchev–Trinajstić information content (AvgIpc) is 2.68. The van der Waals surface area contributed by atoms with E-state index in [0.29, 0.717) is 5.69 Å². The Balaban J connectivity index is 1.83. The number of hydrogen-bond acceptors (Lipinski definition) is 7. The second-order valence-corrected chi connectivity index (χ2v) is 8.35. The lowest BCUT2D eigenvalue weighted by Crippen LogP contribution is -2.48. The lowest BCUT2D eigenvalue weighted by atomic mass is 10.2. The van der Waals surface area contributed by atoms with Crippen LogP contribution in [-0.4, -0.2) is 48.7 Å². The van der Waals surface area contributed by atoms with Crippen molar-refractivity contribution in [2.45, 2.75) is 4.90 Å². The van der Waals surface area contributed by atoms with Crippen LogP contribution < -0.4 is 4.90 Å². The van der Waals surface area contributed by atoms with Gasteiger partial charge in [-0.3, -0.25) is 20.2 Å². The normalized spacial score (nSPS) is 15.4. The third-order valence-electron chi connectivity index (χ3n) is 4.39. The van der Waals surface area contributed by atoms with E-state index < -0.39 is 25.6 Å². The second kappa shape index (κ2) is 7.70. The van der Waals surface area contributed by atoms with Crippen molar-refractivity contribution in [2.75, 3.05) is 31.1 Å². The van der Waals surface area contributed by atoms with Gasteiger partial charge in [-0.15, -0.1) is 0 Å². The van der Waals surface area contributed by atoms with Crippen LogP contribution in [0.3, 0.4) is 0 Å². The summed E-state index contributed by atoms with van der Waals surface area (Å²) in [5.74, 6) is 0. The van der Waals surface area contributed by atoms with E-state index in [2.05, 4.69) is 0 Å². The smallest absolute Gasteiger partial charge is 0.294 e. The topological polar surface area (TPSA) is 127 Å². The first-order valence-corrected chi connectivity index (χ1v) is 9.96. The summed E-state index contributed by atoms with van der Waals surface area (Å²) in [6.07, 6.45) is 0. The third-order valence-corrected chi connectivity index (χ3v) is 6.57. The number of sulfonamides is 1. The first-order valence-electron chi connectivity index (χ1n) is 8.14. The van der Waals surface area contributed by atoms with Crippen molar-refractivity contribution in [3.05, 3.63) is 67.7 Å². The molecular weight excluding hydrogens is 412 g/mol. The minimum Gasteiger partial charge on any atom is -0.363 e. The van der Waals surface area contributed by atoms with E-state index in [9.17, 15) is 28.6 Å². The number of benzene rings is 2. The van der Waals surface area contributed by atoms with E-state index in [-0.39, 0.29) is 41.8 Å². The molecule has 1 heterocycles. The molecule has 0 aliphatic carbocycles. The number of halogens is 1. The van der Waals surface area contributed by atoms with Gasteiger partial charge in [-0.25, -0.2) is 8.42 Å². The predicted molar refractivity (Wildman–Crippen MR) is 102 cm³/mol. The van der Waals surface area contributed by atoms with Gasteiger partial charge in [-0.2, -0.15) is 4.31 Å². The highest BCUT2D eigenvalue weighted by Gasteiger charge is 2.34. The number of nitro groups is 2. The molecule has 0 aromatic heterocycles. The number of anilines is 1. The zero-order valence-electron chi connectivity index (χ0n) is 14.4. The van der Waals surface area contributed by atoms with Crippen LogP contribution in [0.2, 0.25) is 5.02 Å². The Bertz CT molecular complexity index is 1040. The van der Waals surface area contributed by atoms with Crippen molar-refractivity contribution >= 4 is 38.7 Å². The van der Waals surface area contributed by atoms with Gasteiger partial charge in [0.2, 0.25) is 10.0 Å². The monoisotopic (exact) mass is 426 g/mol. The average molecular weight is 427 g/mol. The molecule has 0 saturated carbocycles.